The van der Waals surface area contributed by atoms with E-state index in [0.717, 1.165) is 29.6 Å². The fraction of sp³-hybridized carbons (Fsp3) is 0.462. The molecule has 1 aromatic carbocycles. The summed E-state index contributed by atoms with van der Waals surface area (Å²) in [5.74, 6) is 0. The van der Waals surface area contributed by atoms with Gasteiger partial charge in [0.25, 0.3) is 0 Å². The van der Waals surface area contributed by atoms with Crippen LogP contribution in [-0.2, 0) is 4.74 Å². The second-order valence-electron chi connectivity index (χ2n) is 4.20. The van der Waals surface area contributed by atoms with E-state index >= 15 is 0 Å². The average molecular weight is 295 g/mol. The lowest BCUT2D eigenvalue weighted by molar-refractivity contribution is 0.00299. The normalized spacial score (nSPS) is 22.6. The number of nitriles is 1. The molecule has 0 bridgehead atoms. The molecule has 4 heteroatoms. The summed E-state index contributed by atoms with van der Waals surface area (Å²) in [6, 6.07) is 8.34. The minimum atomic E-state index is 0.416. The van der Waals surface area contributed by atoms with E-state index in [4.69, 9.17) is 10.00 Å². The van der Waals surface area contributed by atoms with Crippen molar-refractivity contribution in [2.45, 2.75) is 31.9 Å². The van der Waals surface area contributed by atoms with Crippen molar-refractivity contribution in [2.24, 2.45) is 0 Å². The Morgan fingerprint density at radius 1 is 1.53 bits per heavy atom. The molecular weight excluding hydrogens is 280 g/mol. The molecule has 1 N–H and O–H groups in total. The molecule has 1 aromatic rings. The summed E-state index contributed by atoms with van der Waals surface area (Å²) in [4.78, 5) is 0. The first kappa shape index (κ1) is 12.4. The summed E-state index contributed by atoms with van der Waals surface area (Å²) in [6.07, 6.45) is 2.54. The van der Waals surface area contributed by atoms with Crippen LogP contribution in [0.2, 0.25) is 0 Å². The maximum atomic E-state index is 8.83. The molecule has 1 fully saturated rings. The van der Waals surface area contributed by atoms with Crippen molar-refractivity contribution < 1.29 is 4.74 Å². The second kappa shape index (κ2) is 5.52. The highest BCUT2D eigenvalue weighted by Crippen LogP contribution is 2.28. The van der Waals surface area contributed by atoms with Crippen molar-refractivity contribution in [3.05, 3.63) is 28.2 Å². The largest absolute Gasteiger partial charge is 0.382 e. The molecule has 0 heterocycles. The highest BCUT2D eigenvalue weighted by atomic mass is 79.9. The number of anilines is 1. The van der Waals surface area contributed by atoms with E-state index in [0.29, 0.717) is 17.7 Å². The second-order valence-corrected chi connectivity index (χ2v) is 5.05. The molecule has 0 atom stereocenters. The predicted molar refractivity (Wildman–Crippen MR) is 70.9 cm³/mol. The number of benzene rings is 1. The van der Waals surface area contributed by atoms with E-state index in [2.05, 4.69) is 27.3 Å². The molecule has 1 aliphatic carbocycles. The molecule has 1 saturated carbocycles. The lowest BCUT2D eigenvalue weighted by Gasteiger charge is -2.36. The van der Waals surface area contributed by atoms with Gasteiger partial charge in [0.05, 0.1) is 11.7 Å². The van der Waals surface area contributed by atoms with Gasteiger partial charge in [-0.25, -0.2) is 0 Å². The average Bonchev–Trinajstić information content (AvgIpc) is 2.26. The highest BCUT2D eigenvalue weighted by Gasteiger charge is 2.29. The van der Waals surface area contributed by atoms with Crippen LogP contribution in [0.15, 0.2) is 22.7 Å². The van der Waals surface area contributed by atoms with E-state index in [1.54, 1.807) is 0 Å². The van der Waals surface area contributed by atoms with E-state index in [1.807, 2.05) is 25.1 Å². The van der Waals surface area contributed by atoms with Gasteiger partial charge in [-0.05, 0) is 53.9 Å². The van der Waals surface area contributed by atoms with Gasteiger partial charge in [0.1, 0.15) is 6.07 Å². The van der Waals surface area contributed by atoms with Gasteiger partial charge in [-0.1, -0.05) is 0 Å². The molecule has 0 aliphatic heterocycles. The first-order valence-corrected chi connectivity index (χ1v) is 6.60. The SMILES string of the molecule is CCOC1CC(Nc2ccc(C#N)c(Br)c2)C1. The monoisotopic (exact) mass is 294 g/mol. The van der Waals surface area contributed by atoms with Gasteiger partial charge in [0.2, 0.25) is 0 Å². The zero-order valence-corrected chi connectivity index (χ0v) is 11.3. The Labute approximate surface area is 110 Å². The maximum Gasteiger partial charge on any atom is 0.100 e. The number of rotatable bonds is 4. The fourth-order valence-corrected chi connectivity index (χ4v) is 2.45. The molecular formula is C13H15BrN2O. The summed E-state index contributed by atoms with van der Waals surface area (Å²) in [5.41, 5.74) is 1.71. The van der Waals surface area contributed by atoms with Crippen molar-refractivity contribution in [1.82, 2.24) is 0 Å². The van der Waals surface area contributed by atoms with Crippen LogP contribution < -0.4 is 5.32 Å². The van der Waals surface area contributed by atoms with Crippen LogP contribution in [0, 0.1) is 11.3 Å². The van der Waals surface area contributed by atoms with Crippen LogP contribution in [-0.4, -0.2) is 18.8 Å². The smallest absolute Gasteiger partial charge is 0.100 e. The Bertz CT molecular complexity index is 436. The molecule has 0 unspecified atom stereocenters. The number of halogens is 1. The molecule has 17 heavy (non-hydrogen) atoms. The topological polar surface area (TPSA) is 45.0 Å². The zero-order chi connectivity index (χ0) is 12.3. The number of nitrogens with zero attached hydrogens (tertiary/aromatic N) is 1. The molecule has 90 valence electrons. The third-order valence-electron chi connectivity index (χ3n) is 2.96. The van der Waals surface area contributed by atoms with Gasteiger partial charge in [0, 0.05) is 22.8 Å². The van der Waals surface area contributed by atoms with Crippen LogP contribution in [0.1, 0.15) is 25.3 Å². The first-order chi connectivity index (χ1) is 8.22. The molecule has 0 aromatic heterocycles. The van der Waals surface area contributed by atoms with E-state index in [9.17, 15) is 0 Å². The van der Waals surface area contributed by atoms with Crippen LogP contribution in [0.4, 0.5) is 5.69 Å². The van der Waals surface area contributed by atoms with Crippen molar-refractivity contribution >= 4 is 21.6 Å². The lowest BCUT2D eigenvalue weighted by Crippen LogP contribution is -2.40. The quantitative estimate of drug-likeness (QED) is 0.927. The van der Waals surface area contributed by atoms with Gasteiger partial charge >= 0.3 is 0 Å². The van der Waals surface area contributed by atoms with Crippen molar-refractivity contribution in [3.8, 4) is 6.07 Å². The number of ether oxygens (including phenoxy) is 1. The molecule has 0 spiro atoms. The maximum absolute atomic E-state index is 8.83. The number of hydrogen-bond acceptors (Lipinski definition) is 3. The predicted octanol–water partition coefficient (Wildman–Crippen LogP) is 3.30. The first-order valence-electron chi connectivity index (χ1n) is 5.80. The van der Waals surface area contributed by atoms with E-state index in [-0.39, 0.29) is 0 Å². The van der Waals surface area contributed by atoms with Gasteiger partial charge < -0.3 is 10.1 Å². The van der Waals surface area contributed by atoms with Gasteiger partial charge in [-0.15, -0.1) is 0 Å². The summed E-state index contributed by atoms with van der Waals surface area (Å²) in [6.45, 7) is 2.82. The van der Waals surface area contributed by atoms with Gasteiger partial charge in [0.15, 0.2) is 0 Å². The van der Waals surface area contributed by atoms with E-state index < -0.39 is 0 Å². The van der Waals surface area contributed by atoms with Crippen LogP contribution in [0.3, 0.4) is 0 Å². The minimum absolute atomic E-state index is 0.416. The molecule has 3 nitrogen and oxygen atoms in total. The lowest BCUT2D eigenvalue weighted by atomic mass is 9.89. The number of nitrogens with one attached hydrogen (secondary N) is 1. The summed E-state index contributed by atoms with van der Waals surface area (Å²) in [5, 5.41) is 12.3. The van der Waals surface area contributed by atoms with Crippen LogP contribution in [0.5, 0.6) is 0 Å². The molecule has 2 rings (SSSR count). The van der Waals surface area contributed by atoms with Crippen molar-refractivity contribution in [3.63, 3.8) is 0 Å². The molecule has 0 amide bonds. The Kier molecular flexibility index (Phi) is 4.03. The minimum Gasteiger partial charge on any atom is -0.382 e. The van der Waals surface area contributed by atoms with Crippen LogP contribution in [0.25, 0.3) is 0 Å². The molecule has 1 aliphatic rings. The summed E-state index contributed by atoms with van der Waals surface area (Å²) < 4.78 is 6.35. The Balaban J connectivity index is 1.89. The van der Waals surface area contributed by atoms with Gasteiger partial charge in [-0.2, -0.15) is 5.26 Å². The standard InChI is InChI=1S/C13H15BrN2O/c1-2-17-12-5-11(6-12)16-10-4-3-9(8-15)13(14)7-10/h3-4,7,11-12,16H,2,5-6H2,1H3. The van der Waals surface area contributed by atoms with Crippen molar-refractivity contribution in [2.75, 3.05) is 11.9 Å². The van der Waals surface area contributed by atoms with E-state index in [1.165, 1.54) is 0 Å². The van der Waals surface area contributed by atoms with Crippen molar-refractivity contribution in [1.29, 1.82) is 5.26 Å². The van der Waals surface area contributed by atoms with Crippen LogP contribution >= 0.6 is 15.9 Å². The Hall–Kier alpha value is -1.05. The third kappa shape index (κ3) is 2.99. The Morgan fingerprint density at radius 2 is 2.29 bits per heavy atom. The Morgan fingerprint density at radius 3 is 2.88 bits per heavy atom. The molecule has 0 saturated heterocycles. The third-order valence-corrected chi connectivity index (χ3v) is 3.61. The van der Waals surface area contributed by atoms with Gasteiger partial charge in [-0.3, -0.25) is 0 Å². The summed E-state index contributed by atoms with van der Waals surface area (Å²) in [7, 11) is 0. The highest BCUT2D eigenvalue weighted by molar-refractivity contribution is 9.10. The molecule has 0 radical (unpaired) electrons. The fourth-order valence-electron chi connectivity index (χ4n) is 1.99. The zero-order valence-electron chi connectivity index (χ0n) is 9.74. The summed E-state index contributed by atoms with van der Waals surface area (Å²) >= 11 is 3.39. The number of hydrogen-bond donors (Lipinski definition) is 1.